The molecule has 2 saturated carbocycles. The van der Waals surface area contributed by atoms with Crippen molar-refractivity contribution >= 4 is 35.4 Å². The Labute approximate surface area is 242 Å². The number of allylic oxidation sites excluding steroid dienone is 2. The van der Waals surface area contributed by atoms with E-state index < -0.39 is 53.3 Å². The van der Waals surface area contributed by atoms with Crippen molar-refractivity contribution in [3.63, 3.8) is 0 Å². The molecule has 0 bridgehead atoms. The van der Waals surface area contributed by atoms with Gasteiger partial charge in [0.1, 0.15) is 17.7 Å². The topological polar surface area (TPSA) is 165 Å². The van der Waals surface area contributed by atoms with Crippen LogP contribution in [0, 0.1) is 23.2 Å². The summed E-state index contributed by atoms with van der Waals surface area (Å²) in [6.45, 7) is 13.0. The van der Waals surface area contributed by atoms with Crippen molar-refractivity contribution in [2.45, 2.75) is 111 Å². The molecule has 0 aromatic heterocycles. The van der Waals surface area contributed by atoms with Crippen LogP contribution in [0.2, 0.25) is 0 Å². The highest BCUT2D eigenvalue weighted by atomic mass is 16.6. The molecule has 2 aliphatic carbocycles. The lowest BCUT2D eigenvalue weighted by atomic mass is 9.80. The van der Waals surface area contributed by atoms with Crippen LogP contribution in [0.15, 0.2) is 11.6 Å². The quantitative estimate of drug-likeness (QED) is 0.238. The number of nitrogens with one attached hydrogen (secondary N) is 2. The predicted molar refractivity (Wildman–Crippen MR) is 151 cm³/mol. The Morgan fingerprint density at radius 3 is 2.20 bits per heavy atom. The number of ketones is 2. The number of primary amides is 1. The second-order valence-corrected chi connectivity index (χ2v) is 13.6. The van der Waals surface area contributed by atoms with Gasteiger partial charge in [-0.05, 0) is 76.7 Å². The molecule has 3 fully saturated rings. The van der Waals surface area contributed by atoms with Gasteiger partial charge in [0.15, 0.2) is 5.78 Å². The van der Waals surface area contributed by atoms with E-state index in [0.717, 1.165) is 24.8 Å². The van der Waals surface area contributed by atoms with Gasteiger partial charge >= 0.3 is 6.09 Å². The summed E-state index contributed by atoms with van der Waals surface area (Å²) in [5, 5.41) is 5.36. The summed E-state index contributed by atoms with van der Waals surface area (Å²) in [4.78, 5) is 78.5. The number of hydrogen-bond acceptors (Lipinski definition) is 7. The van der Waals surface area contributed by atoms with Crippen molar-refractivity contribution in [1.29, 1.82) is 0 Å². The van der Waals surface area contributed by atoms with Gasteiger partial charge in [0.25, 0.3) is 5.91 Å². The third-order valence-corrected chi connectivity index (χ3v) is 8.55. The maximum atomic E-state index is 13.9. The number of carbonyl (C=O) groups is 6. The number of nitrogens with zero attached hydrogens (tertiary/aromatic N) is 1. The number of hydrogen-bond donors (Lipinski definition) is 3. The standard InChI is InChI=1S/C30H46N4O7/c1-16(2)13-18(35)11-12-20(33-28(40)41-29(3,4)5)27(39)34-15-19-22(30(19,6)7)23(34)26(38)32-21(24(36)25(31)37)14-17-9-8-10-17/h13,17,19-23H,8-12,14-15H2,1-7H3,(H2,31,37)(H,32,38)(H,33,40)/t19?,20-,21?,22?,23-/m0/s1. The number of fused-ring (bicyclic) bond motifs is 1. The van der Waals surface area contributed by atoms with Crippen molar-refractivity contribution in [2.75, 3.05) is 6.54 Å². The molecular weight excluding hydrogens is 528 g/mol. The lowest BCUT2D eigenvalue weighted by molar-refractivity contribution is -0.144. The number of ether oxygens (including phenoxy) is 1. The van der Waals surface area contributed by atoms with Crippen LogP contribution in [0.1, 0.15) is 87.0 Å². The first-order valence-corrected chi connectivity index (χ1v) is 14.5. The number of amides is 4. The monoisotopic (exact) mass is 574 g/mol. The van der Waals surface area contributed by atoms with Crippen LogP contribution in [0.5, 0.6) is 0 Å². The minimum atomic E-state index is -1.11. The highest BCUT2D eigenvalue weighted by Crippen LogP contribution is 2.65. The van der Waals surface area contributed by atoms with E-state index >= 15 is 0 Å². The smallest absolute Gasteiger partial charge is 0.408 e. The Morgan fingerprint density at radius 2 is 1.68 bits per heavy atom. The van der Waals surface area contributed by atoms with Gasteiger partial charge in [-0.25, -0.2) is 4.79 Å². The number of likely N-dealkylation sites (tertiary alicyclic amines) is 1. The summed E-state index contributed by atoms with van der Waals surface area (Å²) in [6, 6.07) is -3.06. The van der Waals surface area contributed by atoms with Crippen LogP contribution >= 0.6 is 0 Å². The molecule has 1 aliphatic heterocycles. The minimum Gasteiger partial charge on any atom is -0.444 e. The Hall–Kier alpha value is -3.24. The van der Waals surface area contributed by atoms with Gasteiger partial charge in [0.05, 0.1) is 6.04 Å². The SMILES string of the molecule is CC(C)=CC(=O)CC[C@H](NC(=O)OC(C)(C)C)C(=O)N1CC2C([C@H]1C(=O)NC(CC1CCC1)C(=O)C(N)=O)C2(C)C. The summed E-state index contributed by atoms with van der Waals surface area (Å²) < 4.78 is 5.37. The van der Waals surface area contributed by atoms with E-state index in [0.29, 0.717) is 13.0 Å². The maximum absolute atomic E-state index is 13.9. The molecular formula is C30H46N4O7. The van der Waals surface area contributed by atoms with E-state index in [-0.39, 0.29) is 41.8 Å². The summed E-state index contributed by atoms with van der Waals surface area (Å²) >= 11 is 0. The van der Waals surface area contributed by atoms with Crippen LogP contribution < -0.4 is 16.4 Å². The predicted octanol–water partition coefficient (Wildman–Crippen LogP) is 2.41. The largest absolute Gasteiger partial charge is 0.444 e. The molecule has 5 atom stereocenters. The van der Waals surface area contributed by atoms with Gasteiger partial charge in [-0.15, -0.1) is 0 Å². The third kappa shape index (κ3) is 7.95. The van der Waals surface area contributed by atoms with Gasteiger partial charge in [-0.2, -0.15) is 0 Å². The Bertz CT molecular complexity index is 1110. The molecule has 11 heteroatoms. The highest BCUT2D eigenvalue weighted by molar-refractivity contribution is 6.37. The van der Waals surface area contributed by atoms with Crippen LogP contribution in [0.25, 0.3) is 0 Å². The van der Waals surface area contributed by atoms with E-state index in [2.05, 4.69) is 10.6 Å². The van der Waals surface area contributed by atoms with Gasteiger partial charge in [0, 0.05) is 13.0 Å². The number of nitrogens with two attached hydrogens (primary N) is 1. The van der Waals surface area contributed by atoms with E-state index in [1.165, 1.54) is 11.0 Å². The highest BCUT2D eigenvalue weighted by Gasteiger charge is 2.69. The molecule has 228 valence electrons. The maximum Gasteiger partial charge on any atom is 0.408 e. The van der Waals surface area contributed by atoms with E-state index in [9.17, 15) is 28.8 Å². The summed E-state index contributed by atoms with van der Waals surface area (Å²) in [5.41, 5.74) is 5.09. The number of carbonyl (C=O) groups excluding carboxylic acids is 6. The fourth-order valence-corrected chi connectivity index (χ4v) is 6.12. The minimum absolute atomic E-state index is 0.0109. The number of Topliss-reactive ketones (excluding diaryl/α,β-unsaturated/α-hetero) is 1. The summed E-state index contributed by atoms with van der Waals surface area (Å²) in [5.74, 6) is -3.06. The zero-order valence-electron chi connectivity index (χ0n) is 25.4. The van der Waals surface area contributed by atoms with Crippen molar-refractivity contribution in [3.8, 4) is 0 Å². The average molecular weight is 575 g/mol. The van der Waals surface area contributed by atoms with Gasteiger partial charge in [-0.3, -0.25) is 24.0 Å². The molecule has 3 unspecified atom stereocenters. The lowest BCUT2D eigenvalue weighted by Crippen LogP contribution is -2.58. The fraction of sp³-hybridized carbons (Fsp3) is 0.733. The first-order valence-electron chi connectivity index (χ1n) is 14.5. The van der Waals surface area contributed by atoms with E-state index in [1.807, 2.05) is 13.8 Å². The zero-order chi connectivity index (χ0) is 30.9. The molecule has 1 saturated heterocycles. The molecule has 0 aromatic carbocycles. The molecule has 4 amide bonds. The number of rotatable bonds is 12. The molecule has 3 aliphatic rings. The summed E-state index contributed by atoms with van der Waals surface area (Å²) in [6.07, 6.45) is 3.88. The zero-order valence-corrected chi connectivity index (χ0v) is 25.4. The molecule has 41 heavy (non-hydrogen) atoms. The van der Waals surface area contributed by atoms with Crippen LogP contribution in [0.3, 0.4) is 0 Å². The first-order chi connectivity index (χ1) is 18.9. The molecule has 0 spiro atoms. The summed E-state index contributed by atoms with van der Waals surface area (Å²) in [7, 11) is 0. The van der Waals surface area contributed by atoms with Gasteiger partial charge < -0.3 is 26.0 Å². The Kier molecular flexibility index (Phi) is 9.70. The molecule has 0 aromatic rings. The van der Waals surface area contributed by atoms with Gasteiger partial charge in [0.2, 0.25) is 17.6 Å². The van der Waals surface area contributed by atoms with Crippen molar-refractivity contribution in [3.05, 3.63) is 11.6 Å². The molecule has 11 nitrogen and oxygen atoms in total. The number of piperidine rings is 1. The molecule has 4 N–H and O–H groups in total. The molecule has 0 radical (unpaired) electrons. The van der Waals surface area contributed by atoms with E-state index in [1.54, 1.807) is 34.6 Å². The molecule has 1 heterocycles. The van der Waals surface area contributed by atoms with Gasteiger partial charge in [-0.1, -0.05) is 38.7 Å². The number of alkyl carbamates (subject to hydrolysis) is 1. The average Bonchev–Trinajstić information content (AvgIpc) is 3.13. The second-order valence-electron chi connectivity index (χ2n) is 13.6. The fourth-order valence-electron chi connectivity index (χ4n) is 6.12. The molecule has 3 rings (SSSR count). The third-order valence-electron chi connectivity index (χ3n) is 8.55. The van der Waals surface area contributed by atoms with Crippen molar-refractivity contribution in [1.82, 2.24) is 15.5 Å². The second kappa shape index (κ2) is 12.3. The van der Waals surface area contributed by atoms with Crippen LogP contribution in [-0.4, -0.2) is 70.6 Å². The Morgan fingerprint density at radius 1 is 1.05 bits per heavy atom. The van der Waals surface area contributed by atoms with Crippen LogP contribution in [0.4, 0.5) is 4.79 Å². The first kappa shape index (κ1) is 32.3. The lowest BCUT2D eigenvalue weighted by Gasteiger charge is -2.34. The normalized spacial score (nSPS) is 24.2. The van der Waals surface area contributed by atoms with Crippen LogP contribution in [-0.2, 0) is 28.7 Å². The Balaban J connectivity index is 1.83. The van der Waals surface area contributed by atoms with Crippen molar-refractivity contribution in [2.24, 2.45) is 28.9 Å². The van der Waals surface area contributed by atoms with E-state index in [4.69, 9.17) is 10.5 Å². The van der Waals surface area contributed by atoms with Crippen molar-refractivity contribution < 1.29 is 33.5 Å².